The molecule has 4 heteroatoms. The SMILES string of the molecule is CC(C)Cc1ccc(C(CC(N)=O)N2CCN(C)CC2)cc1. The van der Waals surface area contributed by atoms with Gasteiger partial charge in [-0.2, -0.15) is 0 Å². The third kappa shape index (κ3) is 4.82. The number of amides is 1. The Morgan fingerprint density at radius 3 is 2.23 bits per heavy atom. The van der Waals surface area contributed by atoms with Crippen LogP contribution in [0.15, 0.2) is 24.3 Å². The van der Waals surface area contributed by atoms with Crippen LogP contribution in [0, 0.1) is 5.92 Å². The lowest BCUT2D eigenvalue weighted by Crippen LogP contribution is -2.46. The van der Waals surface area contributed by atoms with Crippen LogP contribution in [0.25, 0.3) is 0 Å². The molecule has 1 atom stereocenters. The highest BCUT2D eigenvalue weighted by Crippen LogP contribution is 2.26. The van der Waals surface area contributed by atoms with E-state index in [1.807, 2.05) is 0 Å². The van der Waals surface area contributed by atoms with E-state index >= 15 is 0 Å². The first-order valence-corrected chi connectivity index (χ1v) is 8.25. The van der Waals surface area contributed by atoms with E-state index in [9.17, 15) is 4.79 Å². The second-order valence-corrected chi connectivity index (χ2v) is 6.87. The smallest absolute Gasteiger partial charge is 0.219 e. The molecular weight excluding hydrogens is 274 g/mol. The van der Waals surface area contributed by atoms with E-state index in [4.69, 9.17) is 5.73 Å². The number of benzene rings is 1. The van der Waals surface area contributed by atoms with Gasteiger partial charge in [0, 0.05) is 38.6 Å². The van der Waals surface area contributed by atoms with Crippen LogP contribution in [0.1, 0.15) is 37.4 Å². The van der Waals surface area contributed by atoms with Crippen molar-refractivity contribution in [3.05, 3.63) is 35.4 Å². The molecule has 0 aromatic heterocycles. The molecule has 122 valence electrons. The molecule has 1 saturated heterocycles. The number of carbonyl (C=O) groups excluding carboxylic acids is 1. The van der Waals surface area contributed by atoms with Gasteiger partial charge in [0.15, 0.2) is 0 Å². The van der Waals surface area contributed by atoms with E-state index in [2.05, 4.69) is 55.0 Å². The highest BCUT2D eigenvalue weighted by molar-refractivity contribution is 5.74. The minimum atomic E-state index is -0.227. The average molecular weight is 303 g/mol. The topological polar surface area (TPSA) is 49.6 Å². The number of nitrogens with zero attached hydrogens (tertiary/aromatic N) is 2. The van der Waals surface area contributed by atoms with Crippen molar-refractivity contribution in [2.45, 2.75) is 32.7 Å². The summed E-state index contributed by atoms with van der Waals surface area (Å²) in [4.78, 5) is 16.2. The molecule has 0 saturated carbocycles. The summed E-state index contributed by atoms with van der Waals surface area (Å²) in [6.07, 6.45) is 1.49. The van der Waals surface area contributed by atoms with Gasteiger partial charge < -0.3 is 10.6 Å². The van der Waals surface area contributed by atoms with Crippen LogP contribution >= 0.6 is 0 Å². The highest BCUT2D eigenvalue weighted by atomic mass is 16.1. The molecule has 4 nitrogen and oxygen atoms in total. The quantitative estimate of drug-likeness (QED) is 0.875. The second kappa shape index (κ2) is 7.75. The van der Waals surface area contributed by atoms with E-state index in [1.54, 1.807) is 0 Å². The highest BCUT2D eigenvalue weighted by Gasteiger charge is 2.25. The van der Waals surface area contributed by atoms with Crippen molar-refractivity contribution in [3.63, 3.8) is 0 Å². The maximum atomic E-state index is 11.5. The Balaban J connectivity index is 2.12. The molecule has 1 unspecified atom stereocenters. The van der Waals surface area contributed by atoms with Crippen molar-refractivity contribution in [1.29, 1.82) is 0 Å². The Morgan fingerprint density at radius 2 is 1.73 bits per heavy atom. The Kier molecular flexibility index (Phi) is 5.98. The Bertz CT molecular complexity index is 476. The van der Waals surface area contributed by atoms with Gasteiger partial charge >= 0.3 is 0 Å². The summed E-state index contributed by atoms with van der Waals surface area (Å²) in [5, 5.41) is 0. The predicted octanol–water partition coefficient (Wildman–Crippen LogP) is 2.05. The van der Waals surface area contributed by atoms with Crippen molar-refractivity contribution in [1.82, 2.24) is 9.80 Å². The maximum Gasteiger partial charge on any atom is 0.219 e. The lowest BCUT2D eigenvalue weighted by Gasteiger charge is -2.38. The van der Waals surface area contributed by atoms with Gasteiger partial charge in [-0.05, 0) is 30.5 Å². The van der Waals surface area contributed by atoms with E-state index in [0.717, 1.165) is 32.6 Å². The number of rotatable bonds is 6. The molecule has 2 rings (SSSR count). The van der Waals surface area contributed by atoms with Crippen molar-refractivity contribution in [2.75, 3.05) is 33.2 Å². The van der Waals surface area contributed by atoms with Crippen LogP contribution in [0.3, 0.4) is 0 Å². The zero-order chi connectivity index (χ0) is 16.1. The third-order valence-corrected chi connectivity index (χ3v) is 4.38. The lowest BCUT2D eigenvalue weighted by atomic mass is 9.96. The molecule has 1 aromatic carbocycles. The first-order valence-electron chi connectivity index (χ1n) is 8.25. The van der Waals surface area contributed by atoms with Gasteiger partial charge in [0.2, 0.25) is 5.91 Å². The summed E-state index contributed by atoms with van der Waals surface area (Å²) in [6, 6.07) is 8.84. The summed E-state index contributed by atoms with van der Waals surface area (Å²) in [5.41, 5.74) is 8.05. The lowest BCUT2D eigenvalue weighted by molar-refractivity contribution is -0.119. The van der Waals surface area contributed by atoms with Gasteiger partial charge in [-0.3, -0.25) is 9.69 Å². The molecular formula is C18H29N3O. The van der Waals surface area contributed by atoms with Crippen LogP contribution in [-0.2, 0) is 11.2 Å². The fourth-order valence-electron chi connectivity index (χ4n) is 3.13. The predicted molar refractivity (Wildman–Crippen MR) is 90.6 cm³/mol. The summed E-state index contributed by atoms with van der Waals surface area (Å²) < 4.78 is 0. The molecule has 1 aliphatic rings. The number of primary amides is 1. The monoisotopic (exact) mass is 303 g/mol. The molecule has 2 N–H and O–H groups in total. The average Bonchev–Trinajstić information content (AvgIpc) is 2.46. The van der Waals surface area contributed by atoms with Gasteiger partial charge in [-0.15, -0.1) is 0 Å². The fraction of sp³-hybridized carbons (Fsp3) is 0.611. The first kappa shape index (κ1) is 17.0. The summed E-state index contributed by atoms with van der Waals surface area (Å²) in [5.74, 6) is 0.431. The van der Waals surface area contributed by atoms with E-state index in [0.29, 0.717) is 12.3 Å². The largest absolute Gasteiger partial charge is 0.370 e. The zero-order valence-corrected chi connectivity index (χ0v) is 14.1. The number of piperazine rings is 1. The van der Waals surface area contributed by atoms with Gasteiger partial charge in [-0.1, -0.05) is 38.1 Å². The van der Waals surface area contributed by atoms with Crippen molar-refractivity contribution < 1.29 is 4.79 Å². The van der Waals surface area contributed by atoms with Crippen LogP contribution in [0.4, 0.5) is 0 Å². The fourth-order valence-corrected chi connectivity index (χ4v) is 3.13. The Hall–Kier alpha value is -1.39. The van der Waals surface area contributed by atoms with Gasteiger partial charge in [0.25, 0.3) is 0 Å². The Labute approximate surface area is 134 Å². The van der Waals surface area contributed by atoms with Gasteiger partial charge in [-0.25, -0.2) is 0 Å². The van der Waals surface area contributed by atoms with Crippen LogP contribution in [0.2, 0.25) is 0 Å². The van der Waals surface area contributed by atoms with Crippen LogP contribution in [-0.4, -0.2) is 48.9 Å². The molecule has 1 aliphatic heterocycles. The van der Waals surface area contributed by atoms with Gasteiger partial charge in [0.05, 0.1) is 0 Å². The van der Waals surface area contributed by atoms with Crippen molar-refractivity contribution in [2.24, 2.45) is 11.7 Å². The maximum absolute atomic E-state index is 11.5. The van der Waals surface area contributed by atoms with Crippen molar-refractivity contribution in [3.8, 4) is 0 Å². The molecule has 0 spiro atoms. The molecule has 0 radical (unpaired) electrons. The minimum Gasteiger partial charge on any atom is -0.370 e. The first-order chi connectivity index (χ1) is 10.5. The van der Waals surface area contributed by atoms with Gasteiger partial charge in [0.1, 0.15) is 0 Å². The molecule has 1 fully saturated rings. The number of likely N-dealkylation sites (N-methyl/N-ethyl adjacent to an activating group) is 1. The molecule has 1 heterocycles. The molecule has 0 bridgehead atoms. The minimum absolute atomic E-state index is 0.110. The van der Waals surface area contributed by atoms with Crippen LogP contribution < -0.4 is 5.73 Å². The van der Waals surface area contributed by atoms with E-state index < -0.39 is 0 Å². The molecule has 22 heavy (non-hydrogen) atoms. The summed E-state index contributed by atoms with van der Waals surface area (Å²) in [7, 11) is 2.14. The molecule has 1 aromatic rings. The molecule has 1 amide bonds. The summed E-state index contributed by atoms with van der Waals surface area (Å²) >= 11 is 0. The zero-order valence-electron chi connectivity index (χ0n) is 14.1. The standard InChI is InChI=1S/C18H29N3O/c1-14(2)12-15-4-6-16(7-5-15)17(13-18(19)22)21-10-8-20(3)9-11-21/h4-7,14,17H,8-13H2,1-3H3,(H2,19,22). The number of carbonyl (C=O) groups is 1. The summed E-state index contributed by atoms with van der Waals surface area (Å²) in [6.45, 7) is 8.52. The number of hydrogen-bond acceptors (Lipinski definition) is 3. The molecule has 0 aliphatic carbocycles. The third-order valence-electron chi connectivity index (χ3n) is 4.38. The second-order valence-electron chi connectivity index (χ2n) is 6.87. The van der Waals surface area contributed by atoms with Crippen LogP contribution in [0.5, 0.6) is 0 Å². The van der Waals surface area contributed by atoms with Crippen molar-refractivity contribution >= 4 is 5.91 Å². The van der Waals surface area contributed by atoms with E-state index in [-0.39, 0.29) is 11.9 Å². The normalized spacial score (nSPS) is 18.5. The van der Waals surface area contributed by atoms with E-state index in [1.165, 1.54) is 11.1 Å². The number of hydrogen-bond donors (Lipinski definition) is 1. The number of nitrogens with two attached hydrogens (primary N) is 1. The Morgan fingerprint density at radius 1 is 1.14 bits per heavy atom.